The number of hydrogen-bond donors (Lipinski definition) is 1. The Hall–Kier alpha value is -1.26. The predicted octanol–water partition coefficient (Wildman–Crippen LogP) is 1.20. The highest BCUT2D eigenvalue weighted by atomic mass is 35.5. The monoisotopic (exact) mass is 240 g/mol. The molecule has 16 heavy (non-hydrogen) atoms. The molecule has 1 aliphatic rings. The second-order valence-electron chi connectivity index (χ2n) is 3.69. The van der Waals surface area contributed by atoms with Crippen molar-refractivity contribution in [2.75, 3.05) is 25.1 Å². The summed E-state index contributed by atoms with van der Waals surface area (Å²) >= 11 is 6.00. The maximum Gasteiger partial charge on any atom is 0.264 e. The number of benzene rings is 1. The lowest BCUT2D eigenvalue weighted by Gasteiger charge is -2.27. The van der Waals surface area contributed by atoms with E-state index in [9.17, 15) is 4.79 Å². The molecule has 5 heteroatoms. The Bertz CT molecular complexity index is 434. The van der Waals surface area contributed by atoms with Gasteiger partial charge in [0.25, 0.3) is 5.91 Å². The summed E-state index contributed by atoms with van der Waals surface area (Å²) < 4.78 is 5.44. The number of rotatable bonds is 2. The van der Waals surface area contributed by atoms with Gasteiger partial charge in [-0.2, -0.15) is 0 Å². The Morgan fingerprint density at radius 3 is 3.00 bits per heavy atom. The molecule has 0 spiro atoms. The molecule has 0 unspecified atom stereocenters. The van der Waals surface area contributed by atoms with Crippen molar-refractivity contribution < 1.29 is 9.53 Å². The van der Waals surface area contributed by atoms with E-state index >= 15 is 0 Å². The van der Waals surface area contributed by atoms with Crippen molar-refractivity contribution in [3.63, 3.8) is 0 Å². The number of fused-ring (bicyclic) bond motifs is 1. The second-order valence-corrected chi connectivity index (χ2v) is 4.13. The van der Waals surface area contributed by atoms with Crippen molar-refractivity contribution in [1.82, 2.24) is 0 Å². The largest absolute Gasteiger partial charge is 0.481 e. The quantitative estimate of drug-likeness (QED) is 0.845. The van der Waals surface area contributed by atoms with E-state index in [1.54, 1.807) is 18.0 Å². The van der Waals surface area contributed by atoms with Crippen LogP contribution in [0.4, 0.5) is 5.69 Å². The van der Waals surface area contributed by atoms with Crippen molar-refractivity contribution in [3.05, 3.63) is 22.7 Å². The molecule has 0 saturated carbocycles. The zero-order chi connectivity index (χ0) is 11.7. The number of ether oxygens (including phenoxy) is 1. The predicted molar refractivity (Wildman–Crippen MR) is 63.1 cm³/mol. The van der Waals surface area contributed by atoms with Crippen LogP contribution in [0.1, 0.15) is 5.56 Å². The first-order chi connectivity index (χ1) is 7.63. The SMILES string of the molecule is CN1C(=O)COc2c(CCN)cc(Cl)cc21. The Morgan fingerprint density at radius 1 is 1.56 bits per heavy atom. The molecule has 1 heterocycles. The summed E-state index contributed by atoms with van der Waals surface area (Å²) in [5.74, 6) is 0.644. The average molecular weight is 241 g/mol. The number of halogens is 1. The normalized spacial score (nSPS) is 14.7. The van der Waals surface area contributed by atoms with Crippen LogP contribution < -0.4 is 15.4 Å². The summed E-state index contributed by atoms with van der Waals surface area (Å²) in [6.45, 7) is 0.594. The fraction of sp³-hybridized carbons (Fsp3) is 0.364. The first kappa shape index (κ1) is 11.2. The van der Waals surface area contributed by atoms with Crippen molar-refractivity contribution >= 4 is 23.2 Å². The van der Waals surface area contributed by atoms with E-state index in [4.69, 9.17) is 22.1 Å². The minimum Gasteiger partial charge on any atom is -0.481 e. The van der Waals surface area contributed by atoms with Crippen LogP contribution in [-0.2, 0) is 11.2 Å². The van der Waals surface area contributed by atoms with Gasteiger partial charge in [-0.05, 0) is 30.7 Å². The number of hydrogen-bond acceptors (Lipinski definition) is 3. The molecular formula is C11H13ClN2O2. The molecular weight excluding hydrogens is 228 g/mol. The molecule has 0 saturated heterocycles. The van der Waals surface area contributed by atoms with E-state index in [1.807, 2.05) is 6.07 Å². The first-order valence-electron chi connectivity index (χ1n) is 5.05. The van der Waals surface area contributed by atoms with Gasteiger partial charge in [0.15, 0.2) is 6.61 Å². The minimum atomic E-state index is -0.0755. The van der Waals surface area contributed by atoms with Gasteiger partial charge in [0.1, 0.15) is 5.75 Å². The molecule has 0 aromatic heterocycles. The summed E-state index contributed by atoms with van der Waals surface area (Å²) in [5, 5.41) is 0.590. The van der Waals surface area contributed by atoms with E-state index in [-0.39, 0.29) is 12.5 Å². The number of nitrogens with two attached hydrogens (primary N) is 1. The van der Waals surface area contributed by atoms with Gasteiger partial charge in [-0.3, -0.25) is 4.79 Å². The molecule has 86 valence electrons. The van der Waals surface area contributed by atoms with Gasteiger partial charge in [0.05, 0.1) is 5.69 Å². The number of nitrogens with zero attached hydrogens (tertiary/aromatic N) is 1. The Kier molecular flexibility index (Phi) is 3.03. The summed E-state index contributed by atoms with van der Waals surface area (Å²) in [6.07, 6.45) is 0.685. The van der Waals surface area contributed by atoms with Crippen molar-refractivity contribution in [2.45, 2.75) is 6.42 Å². The zero-order valence-corrected chi connectivity index (χ0v) is 9.75. The van der Waals surface area contributed by atoms with Crippen LogP contribution in [0.15, 0.2) is 12.1 Å². The summed E-state index contributed by atoms with van der Waals surface area (Å²) in [4.78, 5) is 13.0. The summed E-state index contributed by atoms with van der Waals surface area (Å²) in [6, 6.07) is 3.56. The van der Waals surface area contributed by atoms with Crippen LogP contribution >= 0.6 is 11.6 Å². The number of anilines is 1. The molecule has 1 aliphatic heterocycles. The number of likely N-dealkylation sites (N-methyl/N-ethyl adjacent to an activating group) is 1. The summed E-state index contributed by atoms with van der Waals surface area (Å²) in [5.41, 5.74) is 7.19. The average Bonchev–Trinajstić information content (AvgIpc) is 2.24. The molecule has 2 rings (SSSR count). The highest BCUT2D eigenvalue weighted by Crippen LogP contribution is 2.37. The van der Waals surface area contributed by atoms with Gasteiger partial charge in [0.2, 0.25) is 0 Å². The number of carbonyl (C=O) groups is 1. The van der Waals surface area contributed by atoms with Crippen LogP contribution in [0.25, 0.3) is 0 Å². The van der Waals surface area contributed by atoms with Gasteiger partial charge < -0.3 is 15.4 Å². The fourth-order valence-corrected chi connectivity index (χ4v) is 1.99. The molecule has 2 N–H and O–H groups in total. The Labute approximate surface area is 98.9 Å². The Balaban J connectivity index is 2.51. The van der Waals surface area contributed by atoms with Gasteiger partial charge in [-0.25, -0.2) is 0 Å². The molecule has 1 aromatic rings. The lowest BCUT2D eigenvalue weighted by Crippen LogP contribution is -2.35. The van der Waals surface area contributed by atoms with Gasteiger partial charge in [-0.1, -0.05) is 11.6 Å². The van der Waals surface area contributed by atoms with E-state index in [1.165, 1.54) is 0 Å². The van der Waals surface area contributed by atoms with E-state index in [0.29, 0.717) is 23.7 Å². The van der Waals surface area contributed by atoms with Crippen LogP contribution in [0.2, 0.25) is 5.02 Å². The lowest BCUT2D eigenvalue weighted by molar-refractivity contribution is -0.121. The van der Waals surface area contributed by atoms with E-state index in [0.717, 1.165) is 11.3 Å². The van der Waals surface area contributed by atoms with Crippen molar-refractivity contribution in [2.24, 2.45) is 5.73 Å². The fourth-order valence-electron chi connectivity index (χ4n) is 1.76. The zero-order valence-electron chi connectivity index (χ0n) is 9.00. The topological polar surface area (TPSA) is 55.6 Å². The third kappa shape index (κ3) is 1.86. The highest BCUT2D eigenvalue weighted by molar-refractivity contribution is 6.31. The Morgan fingerprint density at radius 2 is 2.31 bits per heavy atom. The number of carbonyl (C=O) groups excluding carboxylic acids is 1. The number of amides is 1. The van der Waals surface area contributed by atoms with Crippen LogP contribution in [0.3, 0.4) is 0 Å². The van der Waals surface area contributed by atoms with Gasteiger partial charge in [-0.15, -0.1) is 0 Å². The molecule has 0 fully saturated rings. The van der Waals surface area contributed by atoms with Crippen molar-refractivity contribution in [1.29, 1.82) is 0 Å². The molecule has 0 atom stereocenters. The smallest absolute Gasteiger partial charge is 0.264 e. The maximum absolute atomic E-state index is 11.5. The third-order valence-electron chi connectivity index (χ3n) is 2.60. The second kappa shape index (κ2) is 4.31. The van der Waals surface area contributed by atoms with Crippen LogP contribution in [0.5, 0.6) is 5.75 Å². The molecule has 0 radical (unpaired) electrons. The van der Waals surface area contributed by atoms with E-state index in [2.05, 4.69) is 0 Å². The maximum atomic E-state index is 11.5. The van der Waals surface area contributed by atoms with Gasteiger partial charge in [0, 0.05) is 12.1 Å². The molecule has 0 bridgehead atoms. The first-order valence-corrected chi connectivity index (χ1v) is 5.43. The standard InChI is InChI=1S/C11H13ClN2O2/c1-14-9-5-8(12)4-7(2-3-13)11(9)16-6-10(14)15/h4-5H,2-3,6,13H2,1H3. The lowest BCUT2D eigenvalue weighted by atomic mass is 10.1. The summed E-state index contributed by atoms with van der Waals surface area (Å²) in [7, 11) is 1.71. The highest BCUT2D eigenvalue weighted by Gasteiger charge is 2.24. The molecule has 1 amide bonds. The third-order valence-corrected chi connectivity index (χ3v) is 2.82. The van der Waals surface area contributed by atoms with Crippen molar-refractivity contribution in [3.8, 4) is 5.75 Å². The van der Waals surface area contributed by atoms with Crippen LogP contribution in [-0.4, -0.2) is 26.1 Å². The molecule has 4 nitrogen and oxygen atoms in total. The molecule has 0 aliphatic carbocycles. The molecule has 1 aromatic carbocycles. The van der Waals surface area contributed by atoms with Gasteiger partial charge >= 0.3 is 0 Å². The minimum absolute atomic E-state index is 0.0721. The van der Waals surface area contributed by atoms with E-state index < -0.39 is 0 Å². The van der Waals surface area contributed by atoms with Crippen LogP contribution in [0, 0.1) is 0 Å².